The molecule has 0 aliphatic heterocycles. The van der Waals surface area contributed by atoms with Crippen molar-refractivity contribution in [2.75, 3.05) is 18.5 Å². The number of nitrogens with two attached hydrogens (primary N) is 1. The molecule has 0 aliphatic carbocycles. The van der Waals surface area contributed by atoms with Gasteiger partial charge in [0.2, 0.25) is 5.91 Å². The molecule has 1 rings (SSSR count). The second kappa shape index (κ2) is 5.72. The Balaban J connectivity index is 2.54. The zero-order valence-corrected chi connectivity index (χ0v) is 8.47. The molecule has 6 heteroatoms. The van der Waals surface area contributed by atoms with E-state index in [-0.39, 0.29) is 12.5 Å². The fourth-order valence-corrected chi connectivity index (χ4v) is 0.992. The van der Waals surface area contributed by atoms with E-state index in [4.69, 9.17) is 15.6 Å². The summed E-state index contributed by atoms with van der Waals surface area (Å²) in [5.74, 6) is -0.909. The van der Waals surface area contributed by atoms with E-state index in [2.05, 4.69) is 5.32 Å². The highest BCUT2D eigenvalue weighted by Gasteiger charge is 2.01. The number of aliphatic carboxylic acids is 1. The molecule has 6 nitrogen and oxygen atoms in total. The van der Waals surface area contributed by atoms with Gasteiger partial charge in [-0.05, 0) is 24.3 Å². The van der Waals surface area contributed by atoms with Crippen LogP contribution in [0.25, 0.3) is 0 Å². The summed E-state index contributed by atoms with van der Waals surface area (Å²) in [7, 11) is 0. The number of benzene rings is 1. The summed E-state index contributed by atoms with van der Waals surface area (Å²) in [6, 6.07) is 6.33. The van der Waals surface area contributed by atoms with Gasteiger partial charge in [-0.1, -0.05) is 0 Å². The van der Waals surface area contributed by atoms with Crippen LogP contribution in [0.3, 0.4) is 0 Å². The van der Waals surface area contributed by atoms with Gasteiger partial charge in [0.1, 0.15) is 5.75 Å². The number of hydrogen-bond donors (Lipinski definition) is 3. The van der Waals surface area contributed by atoms with Crippen molar-refractivity contribution in [3.8, 4) is 5.75 Å². The van der Waals surface area contributed by atoms with Crippen molar-refractivity contribution in [3.63, 3.8) is 0 Å². The molecule has 1 aromatic rings. The number of nitrogens with one attached hydrogen (secondary N) is 1. The Labute approximate surface area is 92.0 Å². The van der Waals surface area contributed by atoms with Crippen LogP contribution >= 0.6 is 0 Å². The molecule has 16 heavy (non-hydrogen) atoms. The lowest BCUT2D eigenvalue weighted by molar-refractivity contribution is -0.139. The van der Waals surface area contributed by atoms with Crippen LogP contribution in [0.2, 0.25) is 0 Å². The molecule has 0 aliphatic rings. The molecular formula is C10H12N2O4. The number of amides is 1. The van der Waals surface area contributed by atoms with Gasteiger partial charge in [0.05, 0.1) is 6.54 Å². The number of rotatable bonds is 5. The van der Waals surface area contributed by atoms with Crippen molar-refractivity contribution in [2.24, 2.45) is 5.73 Å². The van der Waals surface area contributed by atoms with Crippen LogP contribution in [0.5, 0.6) is 5.75 Å². The Bertz CT molecular complexity index is 375. The van der Waals surface area contributed by atoms with E-state index in [9.17, 15) is 9.59 Å². The highest BCUT2D eigenvalue weighted by Crippen LogP contribution is 2.15. The second-order valence-corrected chi connectivity index (χ2v) is 2.96. The normalized spacial score (nSPS) is 9.56. The maximum Gasteiger partial charge on any atom is 0.341 e. The first kappa shape index (κ1) is 12.0. The monoisotopic (exact) mass is 224 g/mol. The Morgan fingerprint density at radius 3 is 2.44 bits per heavy atom. The molecule has 0 spiro atoms. The third-order valence-corrected chi connectivity index (χ3v) is 1.69. The molecule has 0 atom stereocenters. The molecule has 1 amide bonds. The molecule has 0 saturated carbocycles. The number of carboxylic acid groups (broad SMARTS) is 1. The summed E-state index contributed by atoms with van der Waals surface area (Å²) >= 11 is 0. The Hall–Kier alpha value is -2.08. The van der Waals surface area contributed by atoms with E-state index in [1.54, 1.807) is 24.3 Å². The lowest BCUT2D eigenvalue weighted by Crippen LogP contribution is -2.21. The third-order valence-electron chi connectivity index (χ3n) is 1.69. The maximum atomic E-state index is 10.9. The molecule has 86 valence electrons. The smallest absolute Gasteiger partial charge is 0.341 e. The van der Waals surface area contributed by atoms with E-state index in [1.165, 1.54) is 0 Å². The second-order valence-electron chi connectivity index (χ2n) is 2.96. The van der Waals surface area contributed by atoms with Crippen molar-refractivity contribution >= 4 is 17.6 Å². The standard InChI is InChI=1S/C10H12N2O4/c11-5-9(13)12-7-1-3-8(4-2-7)16-6-10(14)15/h1-4H,5-6,11H2,(H,12,13)(H,14,15). The topological polar surface area (TPSA) is 102 Å². The highest BCUT2D eigenvalue weighted by molar-refractivity contribution is 5.92. The van der Waals surface area contributed by atoms with Crippen LogP contribution in [0.1, 0.15) is 0 Å². The number of carboxylic acids is 1. The molecule has 0 saturated heterocycles. The Morgan fingerprint density at radius 2 is 1.94 bits per heavy atom. The molecule has 0 unspecified atom stereocenters. The molecule has 4 N–H and O–H groups in total. The molecule has 1 aromatic carbocycles. The summed E-state index contributed by atoms with van der Waals surface area (Å²) in [6.07, 6.45) is 0. The van der Waals surface area contributed by atoms with E-state index in [1.807, 2.05) is 0 Å². The van der Waals surface area contributed by atoms with Crippen LogP contribution in [0.15, 0.2) is 24.3 Å². The van der Waals surface area contributed by atoms with Gasteiger partial charge < -0.3 is 20.9 Å². The summed E-state index contributed by atoms with van der Waals surface area (Å²) < 4.78 is 4.92. The average molecular weight is 224 g/mol. The fourth-order valence-electron chi connectivity index (χ4n) is 0.992. The number of ether oxygens (including phenoxy) is 1. The van der Waals surface area contributed by atoms with Crippen LogP contribution < -0.4 is 15.8 Å². The Morgan fingerprint density at radius 1 is 1.31 bits per heavy atom. The zero-order chi connectivity index (χ0) is 12.0. The van der Waals surface area contributed by atoms with Gasteiger partial charge in [-0.2, -0.15) is 0 Å². The van der Waals surface area contributed by atoms with Crippen LogP contribution in [-0.2, 0) is 9.59 Å². The van der Waals surface area contributed by atoms with Gasteiger partial charge in [0, 0.05) is 5.69 Å². The van der Waals surface area contributed by atoms with Crippen molar-refractivity contribution < 1.29 is 19.4 Å². The van der Waals surface area contributed by atoms with Crippen molar-refractivity contribution in [2.45, 2.75) is 0 Å². The van der Waals surface area contributed by atoms with E-state index in [0.29, 0.717) is 11.4 Å². The zero-order valence-electron chi connectivity index (χ0n) is 8.47. The quantitative estimate of drug-likeness (QED) is 0.655. The Kier molecular flexibility index (Phi) is 4.28. The van der Waals surface area contributed by atoms with Crippen LogP contribution in [0.4, 0.5) is 5.69 Å². The maximum absolute atomic E-state index is 10.9. The van der Waals surface area contributed by atoms with E-state index in [0.717, 1.165) is 0 Å². The average Bonchev–Trinajstić information content (AvgIpc) is 2.28. The predicted octanol–water partition coefficient (Wildman–Crippen LogP) is 0.0472. The number of carbonyl (C=O) groups excluding carboxylic acids is 1. The molecule has 0 aromatic heterocycles. The van der Waals surface area contributed by atoms with Crippen LogP contribution in [-0.4, -0.2) is 30.1 Å². The van der Waals surface area contributed by atoms with Crippen molar-refractivity contribution in [1.29, 1.82) is 0 Å². The van der Waals surface area contributed by atoms with E-state index >= 15 is 0 Å². The minimum atomic E-state index is -1.04. The SMILES string of the molecule is NCC(=O)Nc1ccc(OCC(=O)O)cc1. The van der Waals surface area contributed by atoms with Gasteiger partial charge >= 0.3 is 5.97 Å². The number of carbonyl (C=O) groups is 2. The lowest BCUT2D eigenvalue weighted by atomic mass is 10.3. The summed E-state index contributed by atoms with van der Waals surface area (Å²) in [5, 5.41) is 10.9. The molecule has 0 heterocycles. The van der Waals surface area contributed by atoms with Crippen molar-refractivity contribution in [3.05, 3.63) is 24.3 Å². The van der Waals surface area contributed by atoms with E-state index < -0.39 is 12.6 Å². The highest BCUT2D eigenvalue weighted by atomic mass is 16.5. The number of hydrogen-bond acceptors (Lipinski definition) is 4. The van der Waals surface area contributed by atoms with Crippen molar-refractivity contribution in [1.82, 2.24) is 0 Å². The van der Waals surface area contributed by atoms with Gasteiger partial charge in [0.15, 0.2) is 6.61 Å². The first-order valence-corrected chi connectivity index (χ1v) is 4.56. The van der Waals surface area contributed by atoms with Crippen LogP contribution in [0, 0.1) is 0 Å². The summed E-state index contributed by atoms with van der Waals surface area (Å²) in [5.41, 5.74) is 5.71. The minimum Gasteiger partial charge on any atom is -0.482 e. The van der Waals surface area contributed by atoms with Gasteiger partial charge in [-0.15, -0.1) is 0 Å². The van der Waals surface area contributed by atoms with Gasteiger partial charge in [-0.25, -0.2) is 4.79 Å². The minimum absolute atomic E-state index is 0.0860. The van der Waals surface area contributed by atoms with Gasteiger partial charge in [0.25, 0.3) is 0 Å². The number of anilines is 1. The molecular weight excluding hydrogens is 212 g/mol. The molecule has 0 radical (unpaired) electrons. The molecule has 0 bridgehead atoms. The predicted molar refractivity (Wildman–Crippen MR) is 57.3 cm³/mol. The molecule has 0 fully saturated rings. The first-order chi connectivity index (χ1) is 7.61. The lowest BCUT2D eigenvalue weighted by Gasteiger charge is -2.05. The summed E-state index contributed by atoms with van der Waals surface area (Å²) in [6.45, 7) is -0.480. The third kappa shape index (κ3) is 3.97. The van der Waals surface area contributed by atoms with Gasteiger partial charge in [-0.3, -0.25) is 4.79 Å². The fraction of sp³-hybridized carbons (Fsp3) is 0.200. The first-order valence-electron chi connectivity index (χ1n) is 4.56. The largest absolute Gasteiger partial charge is 0.482 e. The summed E-state index contributed by atoms with van der Waals surface area (Å²) in [4.78, 5) is 21.2.